The van der Waals surface area contributed by atoms with Gasteiger partial charge in [0.15, 0.2) is 0 Å². The van der Waals surface area contributed by atoms with E-state index in [0.717, 1.165) is 25.4 Å². The van der Waals surface area contributed by atoms with Crippen molar-refractivity contribution in [2.75, 3.05) is 6.61 Å². The lowest BCUT2D eigenvalue weighted by atomic mass is 9.41. The lowest BCUT2D eigenvalue weighted by Gasteiger charge is -2.63. The zero-order valence-corrected chi connectivity index (χ0v) is 21.9. The molecule has 0 aromatic carbocycles. The van der Waals surface area contributed by atoms with E-state index in [1.807, 2.05) is 13.0 Å². The maximum Gasteiger partial charge on any atom is 0.336 e. The number of carbonyl (C=O) groups is 1. The average molecular weight is 469 g/mol. The molecule has 7 rings (SSSR count). The van der Waals surface area contributed by atoms with Crippen molar-refractivity contribution < 1.29 is 19.4 Å². The molecule has 0 radical (unpaired) electrons. The van der Waals surface area contributed by atoms with Crippen molar-refractivity contribution in [1.82, 2.24) is 0 Å². The van der Waals surface area contributed by atoms with Crippen LogP contribution >= 0.6 is 0 Å². The molecule has 34 heavy (non-hydrogen) atoms. The van der Waals surface area contributed by atoms with Crippen molar-refractivity contribution in [3.63, 3.8) is 0 Å². The SMILES string of the molecule is CC1=CC2(C[C@H]([C@H]3CC[C@@]4(C)[C@@H]5CC[C@H]6C(C)(C)[C@@H](O)CC[C@@]67C[C@@]57CC[C@]34C)CO2)OC1=O. The van der Waals surface area contributed by atoms with E-state index in [9.17, 15) is 9.90 Å². The Kier molecular flexibility index (Phi) is 4.16. The van der Waals surface area contributed by atoms with Crippen LogP contribution < -0.4 is 0 Å². The lowest BCUT2D eigenvalue weighted by molar-refractivity contribution is -0.182. The zero-order valence-electron chi connectivity index (χ0n) is 21.9. The molecule has 1 N–H and O–H groups in total. The van der Waals surface area contributed by atoms with E-state index in [0.29, 0.717) is 45.0 Å². The lowest BCUT2D eigenvalue weighted by Crippen LogP contribution is -2.57. The van der Waals surface area contributed by atoms with Gasteiger partial charge in [0.2, 0.25) is 5.79 Å². The first-order valence-corrected chi connectivity index (χ1v) is 14.2. The number of hydrogen-bond acceptors (Lipinski definition) is 4. The van der Waals surface area contributed by atoms with Gasteiger partial charge in [0.25, 0.3) is 0 Å². The first-order valence-electron chi connectivity index (χ1n) is 14.2. The minimum Gasteiger partial charge on any atom is -0.426 e. The van der Waals surface area contributed by atoms with Crippen LogP contribution in [0.5, 0.6) is 0 Å². The number of esters is 1. The summed E-state index contributed by atoms with van der Waals surface area (Å²) in [5, 5.41) is 10.9. The number of aliphatic hydroxyl groups excluding tert-OH is 1. The molecule has 5 saturated carbocycles. The van der Waals surface area contributed by atoms with Gasteiger partial charge in [0, 0.05) is 12.0 Å². The van der Waals surface area contributed by atoms with Crippen LogP contribution in [-0.4, -0.2) is 29.6 Å². The average Bonchev–Trinajstić information content (AvgIpc) is 2.94. The fourth-order valence-corrected chi connectivity index (χ4v) is 12.0. The molecule has 3 spiro atoms. The van der Waals surface area contributed by atoms with Gasteiger partial charge in [-0.25, -0.2) is 4.79 Å². The second-order valence-corrected chi connectivity index (χ2v) is 14.8. The highest BCUT2D eigenvalue weighted by Crippen LogP contribution is 2.89. The van der Waals surface area contributed by atoms with E-state index in [2.05, 4.69) is 27.7 Å². The summed E-state index contributed by atoms with van der Waals surface area (Å²) in [6, 6.07) is 0. The normalized spacial score (nSPS) is 59.1. The molecule has 7 aliphatic rings. The highest BCUT2D eigenvalue weighted by Gasteiger charge is 2.82. The van der Waals surface area contributed by atoms with Gasteiger partial charge in [-0.15, -0.1) is 0 Å². The maximum absolute atomic E-state index is 12.1. The number of rotatable bonds is 1. The molecule has 0 bridgehead atoms. The fourth-order valence-electron chi connectivity index (χ4n) is 12.0. The highest BCUT2D eigenvalue weighted by molar-refractivity contribution is 5.90. The molecule has 5 aliphatic carbocycles. The molecular formula is C30H44O4. The van der Waals surface area contributed by atoms with Gasteiger partial charge >= 0.3 is 5.97 Å². The van der Waals surface area contributed by atoms with E-state index in [-0.39, 0.29) is 17.5 Å². The summed E-state index contributed by atoms with van der Waals surface area (Å²) in [5.74, 6) is 1.65. The third-order valence-electron chi connectivity index (χ3n) is 13.8. The Bertz CT molecular complexity index is 984. The summed E-state index contributed by atoms with van der Waals surface area (Å²) in [4.78, 5) is 12.1. The van der Waals surface area contributed by atoms with E-state index >= 15 is 0 Å². The number of ether oxygens (including phenoxy) is 2. The maximum atomic E-state index is 12.1. The summed E-state index contributed by atoms with van der Waals surface area (Å²) < 4.78 is 11.9. The van der Waals surface area contributed by atoms with Crippen LogP contribution in [0.25, 0.3) is 0 Å². The molecule has 1 saturated heterocycles. The highest BCUT2D eigenvalue weighted by atomic mass is 16.7. The largest absolute Gasteiger partial charge is 0.426 e. The molecular weight excluding hydrogens is 424 g/mol. The van der Waals surface area contributed by atoms with Crippen molar-refractivity contribution in [2.24, 2.45) is 50.7 Å². The van der Waals surface area contributed by atoms with Gasteiger partial charge in [-0.1, -0.05) is 27.7 Å². The number of carbonyl (C=O) groups excluding carboxylic acids is 1. The third-order valence-corrected chi connectivity index (χ3v) is 13.8. The number of hydrogen-bond donors (Lipinski definition) is 1. The minimum atomic E-state index is -0.787. The van der Waals surface area contributed by atoms with Gasteiger partial charge < -0.3 is 14.6 Å². The van der Waals surface area contributed by atoms with Crippen LogP contribution in [0.15, 0.2) is 11.6 Å². The summed E-state index contributed by atoms with van der Waals surface area (Å²) in [5.41, 5.74) is 2.51. The Labute approximate surface area is 205 Å². The van der Waals surface area contributed by atoms with Crippen molar-refractivity contribution in [2.45, 2.75) is 111 Å². The quantitative estimate of drug-likeness (QED) is 0.478. The van der Waals surface area contributed by atoms with Crippen LogP contribution in [0.3, 0.4) is 0 Å². The van der Waals surface area contributed by atoms with E-state index in [4.69, 9.17) is 9.47 Å². The van der Waals surface area contributed by atoms with Gasteiger partial charge in [-0.3, -0.25) is 0 Å². The molecule has 6 fully saturated rings. The van der Waals surface area contributed by atoms with Crippen molar-refractivity contribution >= 4 is 5.97 Å². The zero-order chi connectivity index (χ0) is 23.9. The number of fused-ring (bicyclic) bond motifs is 2. The van der Waals surface area contributed by atoms with Gasteiger partial charge in [-0.2, -0.15) is 0 Å². The molecule has 10 atom stereocenters. The molecule has 0 amide bonds. The predicted octanol–water partition coefficient (Wildman–Crippen LogP) is 6.02. The first kappa shape index (κ1) is 22.3. The monoisotopic (exact) mass is 468 g/mol. The van der Waals surface area contributed by atoms with Gasteiger partial charge in [-0.05, 0) is 122 Å². The van der Waals surface area contributed by atoms with Crippen molar-refractivity contribution in [1.29, 1.82) is 0 Å². The van der Waals surface area contributed by atoms with E-state index in [1.54, 1.807) is 0 Å². The molecule has 2 aliphatic heterocycles. The number of aliphatic hydroxyl groups is 1. The molecule has 4 heteroatoms. The molecule has 0 aromatic heterocycles. The minimum absolute atomic E-state index is 0.0620. The second-order valence-electron chi connectivity index (χ2n) is 14.8. The molecule has 0 aromatic rings. The Hall–Kier alpha value is -0.870. The predicted molar refractivity (Wildman–Crippen MR) is 130 cm³/mol. The molecule has 2 heterocycles. The summed E-state index contributed by atoms with van der Waals surface area (Å²) >= 11 is 0. The Morgan fingerprint density at radius 3 is 2.38 bits per heavy atom. The molecule has 1 unspecified atom stereocenters. The fraction of sp³-hybridized carbons (Fsp3) is 0.900. The van der Waals surface area contributed by atoms with Gasteiger partial charge in [0.1, 0.15) is 0 Å². The Balaban J connectivity index is 1.18. The van der Waals surface area contributed by atoms with E-state index < -0.39 is 5.79 Å². The third kappa shape index (κ3) is 2.33. The smallest absolute Gasteiger partial charge is 0.336 e. The molecule has 4 nitrogen and oxygen atoms in total. The Morgan fingerprint density at radius 2 is 1.65 bits per heavy atom. The van der Waals surface area contributed by atoms with Gasteiger partial charge in [0.05, 0.1) is 12.7 Å². The van der Waals surface area contributed by atoms with Crippen LogP contribution in [0, 0.1) is 50.7 Å². The standard InChI is InChI=1S/C30H44O4/c1-18-14-30(34-24(18)32)15-19(16-33-30)20-8-10-27(5)22-7-6-21-25(2,3)23(31)9-11-28(21)17-29(22,28)13-12-26(20,27)4/h14,19-23,31H,6-13,15-17H2,1-5H3/t19-,20+,21-,22-,23-,26+,27-,28+,29-,30?/m0/s1. The van der Waals surface area contributed by atoms with Crippen LogP contribution in [0.4, 0.5) is 0 Å². The van der Waals surface area contributed by atoms with Crippen molar-refractivity contribution in [3.05, 3.63) is 11.6 Å². The summed E-state index contributed by atoms with van der Waals surface area (Å²) in [7, 11) is 0. The Morgan fingerprint density at radius 1 is 0.912 bits per heavy atom. The van der Waals surface area contributed by atoms with Crippen molar-refractivity contribution in [3.8, 4) is 0 Å². The second kappa shape index (κ2) is 6.33. The summed E-state index contributed by atoms with van der Waals surface area (Å²) in [6.07, 6.45) is 14.3. The molecule has 188 valence electrons. The van der Waals surface area contributed by atoms with E-state index in [1.165, 1.54) is 51.4 Å². The van der Waals surface area contributed by atoms with Crippen LogP contribution in [0.2, 0.25) is 0 Å². The van der Waals surface area contributed by atoms with Crippen LogP contribution in [0.1, 0.15) is 98.8 Å². The topological polar surface area (TPSA) is 55.8 Å². The van der Waals surface area contributed by atoms with Crippen LogP contribution in [-0.2, 0) is 14.3 Å². The first-order chi connectivity index (χ1) is 15.9. The summed E-state index contributed by atoms with van der Waals surface area (Å²) in [6.45, 7) is 12.6.